The summed E-state index contributed by atoms with van der Waals surface area (Å²) in [5.74, 6) is 0.909. The Labute approximate surface area is 187 Å². The first-order valence-electron chi connectivity index (χ1n) is 9.76. The van der Waals surface area contributed by atoms with Gasteiger partial charge in [-0.25, -0.2) is 4.98 Å². The quantitative estimate of drug-likeness (QED) is 0.453. The summed E-state index contributed by atoms with van der Waals surface area (Å²) in [5.41, 5.74) is 0.705. The summed E-state index contributed by atoms with van der Waals surface area (Å²) in [5, 5.41) is 0.685. The van der Waals surface area contributed by atoms with Crippen LogP contribution in [0, 0.1) is 0 Å². The maximum Gasteiger partial charge on any atom is 0.296 e. The fourth-order valence-corrected chi connectivity index (χ4v) is 4.20. The molecule has 0 N–H and O–H groups in total. The molecular weight excluding hydrogens is 432 g/mol. The van der Waals surface area contributed by atoms with Gasteiger partial charge < -0.3 is 13.9 Å². The van der Waals surface area contributed by atoms with E-state index in [-0.39, 0.29) is 22.3 Å². The molecule has 1 unspecified atom stereocenters. The fourth-order valence-electron chi connectivity index (χ4n) is 4.02. The maximum atomic E-state index is 13.6. The Balaban J connectivity index is 1.86. The molecule has 160 valence electrons. The lowest BCUT2D eigenvalue weighted by Gasteiger charge is -2.25. The molecule has 0 fully saturated rings. The van der Waals surface area contributed by atoms with E-state index in [2.05, 4.69) is 4.98 Å². The van der Waals surface area contributed by atoms with E-state index in [4.69, 9.17) is 25.5 Å². The van der Waals surface area contributed by atoms with Gasteiger partial charge in [0, 0.05) is 16.8 Å². The third-order valence-electron chi connectivity index (χ3n) is 5.46. The van der Waals surface area contributed by atoms with E-state index < -0.39 is 11.9 Å². The van der Waals surface area contributed by atoms with Crippen LogP contribution in [0.5, 0.6) is 11.5 Å². The van der Waals surface area contributed by atoms with E-state index in [1.807, 2.05) is 0 Å². The van der Waals surface area contributed by atoms with Crippen LogP contribution in [0.4, 0.5) is 5.82 Å². The van der Waals surface area contributed by atoms with E-state index in [0.29, 0.717) is 33.3 Å². The van der Waals surface area contributed by atoms with Crippen LogP contribution in [-0.2, 0) is 0 Å². The van der Waals surface area contributed by atoms with Crippen molar-refractivity contribution in [1.29, 1.82) is 0 Å². The molecule has 0 saturated carbocycles. The first kappa shape index (κ1) is 20.1. The standard InChI is InChI=1S/C24H17ClN2O5/c1-30-14-7-9-17(31-2)15(12-14)21-20-22(28)16-11-13(25)6-8-18(16)32-23(20)24(29)27(21)19-5-3-4-10-26-19/h3-12,21H,1-2H3. The fraction of sp³-hybridized carbons (Fsp3) is 0.125. The maximum absolute atomic E-state index is 13.6. The van der Waals surface area contributed by atoms with Crippen molar-refractivity contribution in [3.8, 4) is 11.5 Å². The van der Waals surface area contributed by atoms with E-state index >= 15 is 0 Å². The lowest BCUT2D eigenvalue weighted by Crippen LogP contribution is -2.30. The summed E-state index contributed by atoms with van der Waals surface area (Å²) < 4.78 is 16.9. The Hall–Kier alpha value is -3.84. The first-order chi connectivity index (χ1) is 15.5. The first-order valence-corrected chi connectivity index (χ1v) is 10.1. The minimum absolute atomic E-state index is 0.0367. The number of hydrogen-bond acceptors (Lipinski definition) is 6. The number of carbonyl (C=O) groups excluding carboxylic acids is 1. The summed E-state index contributed by atoms with van der Waals surface area (Å²) in [7, 11) is 3.07. The zero-order valence-electron chi connectivity index (χ0n) is 17.2. The highest BCUT2D eigenvalue weighted by molar-refractivity contribution is 6.31. The number of methoxy groups -OCH3 is 2. The molecule has 0 bridgehead atoms. The lowest BCUT2D eigenvalue weighted by molar-refractivity contribution is 0.0970. The van der Waals surface area contributed by atoms with Crippen LogP contribution in [0.1, 0.15) is 27.7 Å². The van der Waals surface area contributed by atoms with Crippen LogP contribution in [0.25, 0.3) is 11.0 Å². The largest absolute Gasteiger partial charge is 0.497 e. The number of amides is 1. The molecule has 3 heterocycles. The lowest BCUT2D eigenvalue weighted by atomic mass is 9.97. The number of rotatable bonds is 4. The molecular formula is C24H17ClN2O5. The second-order valence-corrected chi connectivity index (χ2v) is 7.62. The summed E-state index contributed by atoms with van der Waals surface area (Å²) in [4.78, 5) is 33.0. The highest BCUT2D eigenvalue weighted by Gasteiger charge is 2.45. The van der Waals surface area contributed by atoms with E-state index in [1.54, 1.807) is 61.8 Å². The summed E-state index contributed by atoms with van der Waals surface area (Å²) in [6.45, 7) is 0. The van der Waals surface area contributed by atoms with Gasteiger partial charge in [0.1, 0.15) is 28.9 Å². The highest BCUT2D eigenvalue weighted by atomic mass is 35.5. The number of ether oxygens (including phenoxy) is 2. The van der Waals surface area contributed by atoms with Crippen molar-refractivity contribution in [2.75, 3.05) is 19.1 Å². The molecule has 2 aromatic carbocycles. The summed E-state index contributed by atoms with van der Waals surface area (Å²) in [6.07, 6.45) is 1.58. The molecule has 1 atom stereocenters. The molecule has 1 aliphatic heterocycles. The molecule has 0 radical (unpaired) electrons. The second kappa shape index (κ2) is 7.69. The Kier molecular flexibility index (Phi) is 4.83. The molecule has 8 heteroatoms. The molecule has 5 rings (SSSR count). The molecule has 32 heavy (non-hydrogen) atoms. The molecule has 0 saturated heterocycles. The topological polar surface area (TPSA) is 81.9 Å². The Bertz CT molecular complexity index is 1420. The minimum Gasteiger partial charge on any atom is -0.497 e. The average Bonchev–Trinajstić information content (AvgIpc) is 3.12. The number of hydrogen-bond donors (Lipinski definition) is 0. The Morgan fingerprint density at radius 2 is 1.88 bits per heavy atom. The number of aromatic nitrogens is 1. The number of benzene rings is 2. The number of halogens is 1. The van der Waals surface area contributed by atoms with Crippen LogP contribution in [0.2, 0.25) is 5.02 Å². The van der Waals surface area contributed by atoms with Gasteiger partial charge in [0.15, 0.2) is 5.43 Å². The van der Waals surface area contributed by atoms with Crippen LogP contribution in [0.3, 0.4) is 0 Å². The van der Waals surface area contributed by atoms with Gasteiger partial charge in [-0.1, -0.05) is 17.7 Å². The van der Waals surface area contributed by atoms with E-state index in [0.717, 1.165) is 0 Å². The van der Waals surface area contributed by atoms with E-state index in [1.165, 1.54) is 18.1 Å². The number of nitrogens with zero attached hydrogens (tertiary/aromatic N) is 2. The average molecular weight is 449 g/mol. The SMILES string of the molecule is COc1ccc(OC)c(C2c3c(oc4ccc(Cl)cc4c3=O)C(=O)N2c2ccccn2)c1. The van der Waals surface area contributed by atoms with Gasteiger partial charge in [-0.2, -0.15) is 0 Å². The van der Waals surface area contributed by atoms with Crippen molar-refractivity contribution in [3.63, 3.8) is 0 Å². The predicted molar refractivity (Wildman–Crippen MR) is 120 cm³/mol. The van der Waals surface area contributed by atoms with Gasteiger partial charge in [-0.05, 0) is 48.5 Å². The van der Waals surface area contributed by atoms with Crippen LogP contribution in [-0.4, -0.2) is 25.1 Å². The van der Waals surface area contributed by atoms with Crippen LogP contribution >= 0.6 is 11.6 Å². The second-order valence-electron chi connectivity index (χ2n) is 7.19. The molecule has 1 aliphatic rings. The zero-order valence-corrected chi connectivity index (χ0v) is 17.9. The van der Waals surface area contributed by atoms with Gasteiger partial charge in [0.05, 0.1) is 25.2 Å². The number of carbonyl (C=O) groups is 1. The molecule has 0 aliphatic carbocycles. The van der Waals surface area contributed by atoms with Crippen molar-refractivity contribution in [2.24, 2.45) is 0 Å². The van der Waals surface area contributed by atoms with Crippen molar-refractivity contribution in [1.82, 2.24) is 4.98 Å². The normalized spacial score (nSPS) is 15.2. The molecule has 2 aromatic heterocycles. The Morgan fingerprint density at radius 1 is 1.03 bits per heavy atom. The monoisotopic (exact) mass is 448 g/mol. The minimum atomic E-state index is -0.836. The summed E-state index contributed by atoms with van der Waals surface area (Å²) >= 11 is 6.13. The van der Waals surface area contributed by atoms with Crippen molar-refractivity contribution < 1.29 is 18.7 Å². The van der Waals surface area contributed by atoms with Gasteiger partial charge >= 0.3 is 0 Å². The molecule has 4 aromatic rings. The molecule has 0 spiro atoms. The van der Waals surface area contributed by atoms with Crippen molar-refractivity contribution in [2.45, 2.75) is 6.04 Å². The highest BCUT2D eigenvalue weighted by Crippen LogP contribution is 2.44. The smallest absolute Gasteiger partial charge is 0.296 e. The number of anilines is 1. The number of pyridine rings is 1. The van der Waals surface area contributed by atoms with Gasteiger partial charge in [-0.15, -0.1) is 0 Å². The van der Waals surface area contributed by atoms with Crippen molar-refractivity contribution >= 4 is 34.3 Å². The number of fused-ring (bicyclic) bond motifs is 2. The van der Waals surface area contributed by atoms with Crippen LogP contribution in [0.15, 0.2) is 70.0 Å². The van der Waals surface area contributed by atoms with Gasteiger partial charge in [0.2, 0.25) is 5.76 Å². The zero-order chi connectivity index (χ0) is 22.4. The third-order valence-corrected chi connectivity index (χ3v) is 5.69. The van der Waals surface area contributed by atoms with Gasteiger partial charge in [-0.3, -0.25) is 14.5 Å². The summed E-state index contributed by atoms with van der Waals surface area (Å²) in [6, 6.07) is 14.3. The van der Waals surface area contributed by atoms with E-state index in [9.17, 15) is 9.59 Å². The Morgan fingerprint density at radius 3 is 2.59 bits per heavy atom. The predicted octanol–water partition coefficient (Wildman–Crippen LogP) is 4.61. The molecule has 7 nitrogen and oxygen atoms in total. The van der Waals surface area contributed by atoms with Crippen LogP contribution < -0.4 is 19.8 Å². The third kappa shape index (κ3) is 3.01. The molecule has 1 amide bonds. The van der Waals surface area contributed by atoms with Gasteiger partial charge in [0.25, 0.3) is 5.91 Å². The van der Waals surface area contributed by atoms with Crippen molar-refractivity contribution in [3.05, 3.63) is 92.9 Å².